The number of hydrogen-bond acceptors (Lipinski definition) is 3. The van der Waals surface area contributed by atoms with E-state index in [9.17, 15) is 4.79 Å². The lowest BCUT2D eigenvalue weighted by molar-refractivity contribution is 0.226. The molecule has 0 radical (unpaired) electrons. The van der Waals surface area contributed by atoms with Crippen molar-refractivity contribution in [3.05, 3.63) is 10.4 Å². The minimum absolute atomic E-state index is 0.277. The van der Waals surface area contributed by atoms with Gasteiger partial charge in [0.2, 0.25) is 5.88 Å². The third-order valence-corrected chi connectivity index (χ3v) is 1.53. The fourth-order valence-corrected chi connectivity index (χ4v) is 1.20. The molecule has 1 rings (SSSR count). The molecule has 0 saturated heterocycles. The molecule has 0 spiro atoms. The normalized spacial score (nSPS) is 9.73. The maximum absolute atomic E-state index is 10.4. The number of hydrogen-bond donors (Lipinski definition) is 1. The number of imidazole rings is 1. The van der Waals surface area contributed by atoms with Crippen LogP contribution >= 0.6 is 31.9 Å². The summed E-state index contributed by atoms with van der Waals surface area (Å²) in [5.41, 5.74) is 0.699. The fraction of sp³-hybridized carbons (Fsp3) is 0.200. The number of ether oxygens (including phenoxy) is 1. The monoisotopic (exact) mass is 282 g/mol. The highest BCUT2D eigenvalue weighted by Crippen LogP contribution is 2.18. The minimum atomic E-state index is -0.556. The summed E-state index contributed by atoms with van der Waals surface area (Å²) in [7, 11) is 0. The molecule has 0 unspecified atom stereocenters. The van der Waals surface area contributed by atoms with Crippen LogP contribution in [-0.2, 0) is 0 Å². The molecule has 4 nitrogen and oxygen atoms in total. The summed E-state index contributed by atoms with van der Waals surface area (Å²) >= 11 is 5.72. The van der Waals surface area contributed by atoms with E-state index in [1.807, 2.05) is 0 Å². The Morgan fingerprint density at radius 1 is 1.73 bits per heavy atom. The van der Waals surface area contributed by atoms with Gasteiger partial charge in [-0.15, -0.1) is 0 Å². The number of aromatic amines is 1. The Morgan fingerprint density at radius 2 is 2.36 bits per heavy atom. The molecule has 0 atom stereocenters. The molecule has 11 heavy (non-hydrogen) atoms. The van der Waals surface area contributed by atoms with Crippen LogP contribution in [0, 0.1) is 6.92 Å². The lowest BCUT2D eigenvalue weighted by Crippen LogP contribution is -1.96. The van der Waals surface area contributed by atoms with Gasteiger partial charge in [-0.2, -0.15) is 4.98 Å². The first-order valence-corrected chi connectivity index (χ1v) is 4.27. The standard InChI is InChI=1S/C5H4Br2N2O2/c1-2-3(11-5(7)10)9-4(6)8-2/h1H3,(H,8,9). The molecule has 1 aromatic rings. The maximum atomic E-state index is 10.4. The average Bonchev–Trinajstić information content (AvgIpc) is 2.09. The Hall–Kier alpha value is -0.360. The molecule has 60 valence electrons. The average molecular weight is 284 g/mol. The smallest absolute Gasteiger partial charge is 0.381 e. The predicted octanol–water partition coefficient (Wildman–Crippen LogP) is 2.37. The Balaban J connectivity index is 2.85. The van der Waals surface area contributed by atoms with E-state index in [-0.39, 0.29) is 5.88 Å². The van der Waals surface area contributed by atoms with Crippen LogP contribution in [0.15, 0.2) is 4.73 Å². The quantitative estimate of drug-likeness (QED) is 0.805. The van der Waals surface area contributed by atoms with Crippen molar-refractivity contribution in [2.45, 2.75) is 6.92 Å². The highest BCUT2D eigenvalue weighted by molar-refractivity contribution is 9.18. The van der Waals surface area contributed by atoms with Gasteiger partial charge in [0.05, 0.1) is 5.69 Å². The molecule has 0 saturated carbocycles. The van der Waals surface area contributed by atoms with Gasteiger partial charge in [0, 0.05) is 15.9 Å². The number of carbonyl (C=O) groups excluding carboxylic acids is 1. The zero-order valence-corrected chi connectivity index (χ0v) is 8.69. The second-order valence-electron chi connectivity index (χ2n) is 1.80. The van der Waals surface area contributed by atoms with Gasteiger partial charge in [-0.1, -0.05) is 0 Å². The molecule has 1 heterocycles. The predicted molar refractivity (Wildman–Crippen MR) is 46.0 cm³/mol. The molecule has 0 amide bonds. The SMILES string of the molecule is Cc1[nH]c(Br)nc1OC(=O)Br. The van der Waals surface area contributed by atoms with E-state index >= 15 is 0 Å². The molecule has 1 aromatic heterocycles. The van der Waals surface area contributed by atoms with Gasteiger partial charge in [-0.05, 0) is 22.9 Å². The van der Waals surface area contributed by atoms with Gasteiger partial charge in [-0.3, -0.25) is 0 Å². The largest absolute Gasteiger partial charge is 0.397 e. The Kier molecular flexibility index (Phi) is 2.67. The van der Waals surface area contributed by atoms with Crippen molar-refractivity contribution in [3.63, 3.8) is 0 Å². The highest BCUT2D eigenvalue weighted by atomic mass is 79.9. The van der Waals surface area contributed by atoms with Crippen molar-refractivity contribution < 1.29 is 9.53 Å². The van der Waals surface area contributed by atoms with Gasteiger partial charge >= 0.3 is 4.88 Å². The van der Waals surface area contributed by atoms with E-state index in [0.29, 0.717) is 10.4 Å². The zero-order chi connectivity index (χ0) is 8.43. The topological polar surface area (TPSA) is 55.0 Å². The highest BCUT2D eigenvalue weighted by Gasteiger charge is 2.08. The molecule has 0 aromatic carbocycles. The van der Waals surface area contributed by atoms with Crippen molar-refractivity contribution in [1.82, 2.24) is 9.97 Å². The van der Waals surface area contributed by atoms with Crippen LogP contribution in [0.1, 0.15) is 5.69 Å². The van der Waals surface area contributed by atoms with Crippen molar-refractivity contribution in [2.75, 3.05) is 0 Å². The van der Waals surface area contributed by atoms with Crippen molar-refractivity contribution in [3.8, 4) is 5.88 Å². The Bertz CT molecular complexity index is 284. The molecular formula is C5H4Br2N2O2. The fourth-order valence-electron chi connectivity index (χ4n) is 0.585. The van der Waals surface area contributed by atoms with Crippen LogP contribution in [0.5, 0.6) is 5.88 Å². The number of nitrogens with one attached hydrogen (secondary N) is 1. The minimum Gasteiger partial charge on any atom is -0.397 e. The van der Waals surface area contributed by atoms with E-state index in [4.69, 9.17) is 0 Å². The summed E-state index contributed by atoms with van der Waals surface area (Å²) in [4.78, 5) is 16.5. The third-order valence-electron chi connectivity index (χ3n) is 0.988. The summed E-state index contributed by atoms with van der Waals surface area (Å²) in [6.45, 7) is 1.75. The van der Waals surface area contributed by atoms with E-state index in [2.05, 4.69) is 46.6 Å². The van der Waals surface area contributed by atoms with E-state index < -0.39 is 4.88 Å². The number of rotatable bonds is 1. The first-order chi connectivity index (χ1) is 5.09. The van der Waals surface area contributed by atoms with Crippen molar-refractivity contribution >= 4 is 36.7 Å². The maximum Gasteiger partial charge on any atom is 0.381 e. The number of H-pyrrole nitrogens is 1. The summed E-state index contributed by atoms with van der Waals surface area (Å²) in [5, 5.41) is 0. The summed E-state index contributed by atoms with van der Waals surface area (Å²) in [6, 6.07) is 0. The lowest BCUT2D eigenvalue weighted by atomic mass is 10.5. The van der Waals surface area contributed by atoms with Gasteiger partial charge in [-0.25, -0.2) is 4.79 Å². The van der Waals surface area contributed by atoms with E-state index in [0.717, 1.165) is 0 Å². The van der Waals surface area contributed by atoms with Crippen LogP contribution in [0.25, 0.3) is 0 Å². The van der Waals surface area contributed by atoms with Crippen LogP contribution in [0.4, 0.5) is 4.79 Å². The van der Waals surface area contributed by atoms with Gasteiger partial charge < -0.3 is 9.72 Å². The van der Waals surface area contributed by atoms with Crippen LogP contribution < -0.4 is 4.74 Å². The third kappa shape index (κ3) is 2.30. The number of halogens is 2. The number of aromatic nitrogens is 2. The Labute approximate surface area is 79.6 Å². The number of aryl methyl sites for hydroxylation is 1. The van der Waals surface area contributed by atoms with Gasteiger partial charge in [0.25, 0.3) is 0 Å². The molecular weight excluding hydrogens is 280 g/mol. The zero-order valence-electron chi connectivity index (χ0n) is 5.52. The lowest BCUT2D eigenvalue weighted by Gasteiger charge is -1.93. The Morgan fingerprint density at radius 3 is 2.73 bits per heavy atom. The van der Waals surface area contributed by atoms with Crippen LogP contribution in [0.2, 0.25) is 0 Å². The van der Waals surface area contributed by atoms with Gasteiger partial charge in [0.1, 0.15) is 0 Å². The summed E-state index contributed by atoms with van der Waals surface area (Å²) in [6.07, 6.45) is 0. The van der Waals surface area contributed by atoms with Gasteiger partial charge in [0.15, 0.2) is 4.73 Å². The summed E-state index contributed by atoms with van der Waals surface area (Å²) < 4.78 is 5.21. The molecule has 0 aliphatic carbocycles. The van der Waals surface area contributed by atoms with Crippen LogP contribution in [-0.4, -0.2) is 14.8 Å². The summed E-state index contributed by atoms with van der Waals surface area (Å²) in [5.74, 6) is 0.277. The van der Waals surface area contributed by atoms with E-state index in [1.54, 1.807) is 6.92 Å². The second kappa shape index (κ2) is 3.36. The first kappa shape index (κ1) is 8.73. The number of carbonyl (C=O) groups is 1. The molecule has 0 aliphatic heterocycles. The molecule has 6 heteroatoms. The first-order valence-electron chi connectivity index (χ1n) is 2.69. The molecule has 0 bridgehead atoms. The molecule has 1 N–H and O–H groups in total. The number of nitrogens with zero attached hydrogens (tertiary/aromatic N) is 1. The van der Waals surface area contributed by atoms with Crippen molar-refractivity contribution in [1.29, 1.82) is 0 Å². The molecule has 0 fully saturated rings. The van der Waals surface area contributed by atoms with E-state index in [1.165, 1.54) is 0 Å². The van der Waals surface area contributed by atoms with Crippen LogP contribution in [0.3, 0.4) is 0 Å². The van der Waals surface area contributed by atoms with Crippen molar-refractivity contribution in [2.24, 2.45) is 0 Å². The molecule has 0 aliphatic rings. The second-order valence-corrected chi connectivity index (χ2v) is 3.20.